The number of rotatable bonds is 7. The van der Waals surface area contributed by atoms with Crippen molar-refractivity contribution in [1.29, 1.82) is 0 Å². The molecule has 1 amide bonds. The summed E-state index contributed by atoms with van der Waals surface area (Å²) in [6.45, 7) is 6.08. The van der Waals surface area contributed by atoms with Gasteiger partial charge in [0.15, 0.2) is 0 Å². The van der Waals surface area contributed by atoms with Gasteiger partial charge in [0, 0.05) is 56.9 Å². The molecule has 1 unspecified atom stereocenters. The molecule has 2 aromatic rings. The number of piperazine rings is 1. The molecule has 6 nitrogen and oxygen atoms in total. The molecule has 0 N–H and O–H groups in total. The van der Waals surface area contributed by atoms with Crippen molar-refractivity contribution in [2.45, 2.75) is 63.8 Å². The van der Waals surface area contributed by atoms with Crippen LogP contribution in [0.5, 0.6) is 0 Å². The van der Waals surface area contributed by atoms with Crippen LogP contribution in [0.3, 0.4) is 0 Å². The molecule has 8 heteroatoms. The second kappa shape index (κ2) is 11.1. The molecule has 0 aromatic heterocycles. The molecule has 2 atom stereocenters. The summed E-state index contributed by atoms with van der Waals surface area (Å²) in [7, 11) is -3.51. The summed E-state index contributed by atoms with van der Waals surface area (Å²) in [6.07, 6.45) is 3.74. The van der Waals surface area contributed by atoms with E-state index in [0.29, 0.717) is 44.6 Å². The second-order valence-corrected chi connectivity index (χ2v) is 12.0. The van der Waals surface area contributed by atoms with E-state index in [2.05, 4.69) is 17.0 Å². The average molecular weight is 502 g/mol. The summed E-state index contributed by atoms with van der Waals surface area (Å²) in [5.41, 5.74) is 2.38. The normalized spacial score (nSPS) is 22.8. The minimum Gasteiger partial charge on any atom is -0.368 e. The zero-order valence-corrected chi connectivity index (χ0v) is 21.5. The predicted octanol–water partition coefficient (Wildman–Crippen LogP) is 4.20. The van der Waals surface area contributed by atoms with Gasteiger partial charge < -0.3 is 9.80 Å². The fourth-order valence-electron chi connectivity index (χ4n) is 5.19. The first-order valence-corrected chi connectivity index (χ1v) is 14.1. The third kappa shape index (κ3) is 6.04. The predicted molar refractivity (Wildman–Crippen MR) is 137 cm³/mol. The highest BCUT2D eigenvalue weighted by molar-refractivity contribution is 7.89. The van der Waals surface area contributed by atoms with Crippen LogP contribution in [0.4, 0.5) is 10.1 Å². The van der Waals surface area contributed by atoms with Crippen LogP contribution in [-0.4, -0.2) is 61.0 Å². The highest BCUT2D eigenvalue weighted by atomic mass is 32.2. The SMILES string of the molecule is CC(=O)N1CCN(c2ccc(CN3[C@@H](C)CCC(CCCc4ccccc4)S3(=O)=O)c(F)c2)CC1. The van der Waals surface area contributed by atoms with Gasteiger partial charge in [-0.3, -0.25) is 4.79 Å². The van der Waals surface area contributed by atoms with Gasteiger partial charge in [-0.25, -0.2) is 12.8 Å². The van der Waals surface area contributed by atoms with Crippen molar-refractivity contribution in [2.75, 3.05) is 31.1 Å². The minimum atomic E-state index is -3.51. The number of anilines is 1. The van der Waals surface area contributed by atoms with Crippen molar-refractivity contribution in [3.05, 3.63) is 65.5 Å². The zero-order chi connectivity index (χ0) is 25.0. The van der Waals surface area contributed by atoms with Crippen molar-refractivity contribution in [3.8, 4) is 0 Å². The molecule has 0 bridgehead atoms. The highest BCUT2D eigenvalue weighted by Gasteiger charge is 2.39. The molecular formula is C27H36FN3O3S. The van der Waals surface area contributed by atoms with Gasteiger partial charge in [-0.1, -0.05) is 36.4 Å². The lowest BCUT2D eigenvalue weighted by Crippen LogP contribution is -2.48. The van der Waals surface area contributed by atoms with E-state index in [1.165, 1.54) is 15.9 Å². The second-order valence-electron chi connectivity index (χ2n) is 9.79. The lowest BCUT2D eigenvalue weighted by molar-refractivity contribution is -0.129. The topological polar surface area (TPSA) is 60.9 Å². The first-order chi connectivity index (χ1) is 16.8. The molecule has 0 spiro atoms. The molecule has 2 aliphatic rings. The quantitative estimate of drug-likeness (QED) is 0.571. The minimum absolute atomic E-state index is 0.0569. The van der Waals surface area contributed by atoms with E-state index in [1.807, 2.05) is 31.2 Å². The van der Waals surface area contributed by atoms with Gasteiger partial charge in [-0.15, -0.1) is 0 Å². The van der Waals surface area contributed by atoms with Crippen LogP contribution in [-0.2, 0) is 27.8 Å². The molecule has 2 heterocycles. The summed E-state index contributed by atoms with van der Waals surface area (Å²) in [6, 6.07) is 15.0. The van der Waals surface area contributed by atoms with Gasteiger partial charge in [0.2, 0.25) is 15.9 Å². The van der Waals surface area contributed by atoms with Gasteiger partial charge in [0.1, 0.15) is 5.82 Å². The number of sulfonamides is 1. The number of hydrogen-bond acceptors (Lipinski definition) is 4. The van der Waals surface area contributed by atoms with Crippen molar-refractivity contribution in [3.63, 3.8) is 0 Å². The van der Waals surface area contributed by atoms with E-state index in [4.69, 9.17) is 0 Å². The molecule has 35 heavy (non-hydrogen) atoms. The first-order valence-electron chi connectivity index (χ1n) is 12.6. The van der Waals surface area contributed by atoms with Crippen molar-refractivity contribution in [1.82, 2.24) is 9.21 Å². The van der Waals surface area contributed by atoms with Crippen LogP contribution >= 0.6 is 0 Å². The number of halogens is 1. The monoisotopic (exact) mass is 501 g/mol. The van der Waals surface area contributed by atoms with E-state index in [9.17, 15) is 13.2 Å². The fraction of sp³-hybridized carbons (Fsp3) is 0.519. The Labute approximate surface area is 208 Å². The smallest absolute Gasteiger partial charge is 0.219 e. The molecule has 2 saturated heterocycles. The molecule has 2 aliphatic heterocycles. The molecule has 2 aromatic carbocycles. The van der Waals surface area contributed by atoms with Crippen LogP contribution in [0, 0.1) is 5.82 Å². The maximum Gasteiger partial charge on any atom is 0.219 e. The molecular weight excluding hydrogens is 465 g/mol. The van der Waals surface area contributed by atoms with E-state index in [0.717, 1.165) is 24.9 Å². The van der Waals surface area contributed by atoms with Gasteiger partial charge in [0.05, 0.1) is 5.25 Å². The van der Waals surface area contributed by atoms with Crippen LogP contribution < -0.4 is 4.90 Å². The van der Waals surface area contributed by atoms with E-state index in [1.54, 1.807) is 17.9 Å². The molecule has 0 aliphatic carbocycles. The Kier molecular flexibility index (Phi) is 8.12. The van der Waals surface area contributed by atoms with Crippen LogP contribution in [0.2, 0.25) is 0 Å². The maximum absolute atomic E-state index is 15.1. The first kappa shape index (κ1) is 25.6. The Bertz CT molecular complexity index is 1120. The lowest BCUT2D eigenvalue weighted by atomic mass is 10.0. The Balaban J connectivity index is 1.40. The Morgan fingerprint density at radius 1 is 1.03 bits per heavy atom. The average Bonchev–Trinajstić information content (AvgIpc) is 2.84. The van der Waals surface area contributed by atoms with Crippen LogP contribution in [0.1, 0.15) is 50.7 Å². The Hall–Kier alpha value is -2.45. The van der Waals surface area contributed by atoms with Crippen molar-refractivity contribution >= 4 is 21.6 Å². The van der Waals surface area contributed by atoms with E-state index < -0.39 is 15.3 Å². The highest BCUT2D eigenvalue weighted by Crippen LogP contribution is 2.32. The van der Waals surface area contributed by atoms with E-state index in [-0.39, 0.29) is 24.3 Å². The maximum atomic E-state index is 15.1. The number of amides is 1. The Morgan fingerprint density at radius 2 is 1.74 bits per heavy atom. The molecule has 190 valence electrons. The lowest BCUT2D eigenvalue weighted by Gasteiger charge is -2.38. The van der Waals surface area contributed by atoms with Crippen molar-refractivity contribution < 1.29 is 17.6 Å². The standard InChI is InChI=1S/C27H36FN3O3S/c1-21-11-14-26(10-6-9-23-7-4-3-5-8-23)35(33,34)31(21)20-24-12-13-25(19-27(24)28)30-17-15-29(16-18-30)22(2)32/h3-5,7-8,12-13,19,21,26H,6,9-11,14-18,20H2,1-2H3/t21-,26?/m0/s1. The summed E-state index contributed by atoms with van der Waals surface area (Å²) >= 11 is 0. The largest absolute Gasteiger partial charge is 0.368 e. The van der Waals surface area contributed by atoms with Crippen LogP contribution in [0.25, 0.3) is 0 Å². The summed E-state index contributed by atoms with van der Waals surface area (Å²) in [5.74, 6) is -0.327. The number of benzene rings is 2. The van der Waals surface area contributed by atoms with Gasteiger partial charge in [-0.05, 0) is 56.7 Å². The zero-order valence-electron chi connectivity index (χ0n) is 20.7. The summed E-state index contributed by atoms with van der Waals surface area (Å²) in [5, 5.41) is -0.415. The molecule has 2 fully saturated rings. The number of hydrogen-bond donors (Lipinski definition) is 0. The number of carbonyl (C=O) groups excluding carboxylic acids is 1. The third-order valence-corrected chi connectivity index (χ3v) is 9.89. The van der Waals surface area contributed by atoms with E-state index >= 15 is 4.39 Å². The Morgan fingerprint density at radius 3 is 2.40 bits per heavy atom. The molecule has 0 radical (unpaired) electrons. The third-order valence-electron chi connectivity index (χ3n) is 7.43. The summed E-state index contributed by atoms with van der Waals surface area (Å²) < 4.78 is 43.5. The fourth-order valence-corrected chi connectivity index (χ4v) is 7.40. The van der Waals surface area contributed by atoms with Crippen molar-refractivity contribution in [2.24, 2.45) is 0 Å². The van der Waals surface area contributed by atoms with Gasteiger partial charge in [-0.2, -0.15) is 4.31 Å². The number of aryl methyl sites for hydroxylation is 1. The van der Waals surface area contributed by atoms with Gasteiger partial charge in [0.25, 0.3) is 0 Å². The van der Waals surface area contributed by atoms with Gasteiger partial charge >= 0.3 is 0 Å². The number of carbonyl (C=O) groups is 1. The van der Waals surface area contributed by atoms with Crippen LogP contribution in [0.15, 0.2) is 48.5 Å². The summed E-state index contributed by atoms with van der Waals surface area (Å²) in [4.78, 5) is 15.4. The number of nitrogens with zero attached hydrogens (tertiary/aromatic N) is 3. The molecule has 4 rings (SSSR count). The molecule has 0 saturated carbocycles.